The van der Waals surface area contributed by atoms with Gasteiger partial charge in [-0.25, -0.2) is 14.2 Å². The van der Waals surface area contributed by atoms with Crippen molar-refractivity contribution < 1.29 is 31.3 Å². The van der Waals surface area contributed by atoms with Gasteiger partial charge in [-0.3, -0.25) is 0 Å². The summed E-state index contributed by atoms with van der Waals surface area (Å²) in [6.07, 6.45) is 4.62. The van der Waals surface area contributed by atoms with Crippen molar-refractivity contribution in [2.45, 2.75) is 0 Å². The molecule has 0 aliphatic carbocycles. The summed E-state index contributed by atoms with van der Waals surface area (Å²) in [6, 6.07) is 0. The summed E-state index contributed by atoms with van der Waals surface area (Å²) in [5, 5.41) is 0. The predicted molar refractivity (Wildman–Crippen MR) is 38.3 cm³/mol. The fourth-order valence-electron chi connectivity index (χ4n) is 0.763. The van der Waals surface area contributed by atoms with E-state index in [9.17, 15) is 9.59 Å². The molecule has 1 aromatic heterocycles. The van der Waals surface area contributed by atoms with Gasteiger partial charge in [0.15, 0.2) is 0 Å². The zero-order valence-electron chi connectivity index (χ0n) is 7.23. The quantitative estimate of drug-likeness (QED) is 0.247. The van der Waals surface area contributed by atoms with Gasteiger partial charge < -0.3 is 17.1 Å². The highest BCUT2D eigenvalue weighted by molar-refractivity contribution is 6.33. The Balaban J connectivity index is 0.00000144. The lowest BCUT2D eigenvalue weighted by molar-refractivity contribution is -0.670. The fourth-order valence-corrected chi connectivity index (χ4v) is 0.763. The van der Waals surface area contributed by atoms with E-state index >= 15 is 0 Å². The Morgan fingerprint density at radius 3 is 2.46 bits per heavy atom. The number of rotatable bonds is 0. The number of imidazole rings is 1. The maximum Gasteiger partial charge on any atom is 0.423 e. The van der Waals surface area contributed by atoms with Crippen LogP contribution in [0.4, 0.5) is 0 Å². The monoisotopic (exact) mass is 204 g/mol. The van der Waals surface area contributed by atoms with Gasteiger partial charge in [0, 0.05) is 0 Å². The standard InChI is InChI=1S/C7H9N2O3.ClH/c1-8-3-4-9(5-8)6(10)7(11)12-2;/h3-5H,1-2H3;1H/q+1;/p-1. The lowest BCUT2D eigenvalue weighted by Gasteiger charge is -1.91. The Hall–Kier alpha value is -1.36. The predicted octanol–water partition coefficient (Wildman–Crippen LogP) is -3.87. The molecule has 0 radical (unpaired) electrons. The van der Waals surface area contributed by atoms with E-state index in [1.165, 1.54) is 19.6 Å². The van der Waals surface area contributed by atoms with Crippen LogP contribution in [0.25, 0.3) is 0 Å². The summed E-state index contributed by atoms with van der Waals surface area (Å²) in [4.78, 5) is 21.8. The van der Waals surface area contributed by atoms with Gasteiger partial charge in [-0.05, 0) is 0 Å². The molecule has 0 amide bonds. The van der Waals surface area contributed by atoms with E-state index in [0.29, 0.717) is 0 Å². The molecule has 0 atom stereocenters. The minimum Gasteiger partial charge on any atom is -1.00 e. The van der Waals surface area contributed by atoms with Crippen molar-refractivity contribution in [3.63, 3.8) is 0 Å². The molecule has 0 saturated carbocycles. The second-order valence-electron chi connectivity index (χ2n) is 2.28. The fraction of sp³-hybridized carbons (Fsp3) is 0.286. The molecule has 0 N–H and O–H groups in total. The van der Waals surface area contributed by atoms with Crippen LogP contribution in [0.1, 0.15) is 4.79 Å². The van der Waals surface area contributed by atoms with Crippen LogP contribution in [0.15, 0.2) is 18.7 Å². The number of ether oxygens (including phenoxy) is 1. The Morgan fingerprint density at radius 1 is 1.46 bits per heavy atom. The van der Waals surface area contributed by atoms with Gasteiger partial charge >= 0.3 is 11.9 Å². The van der Waals surface area contributed by atoms with Gasteiger partial charge in [-0.15, -0.1) is 0 Å². The van der Waals surface area contributed by atoms with Gasteiger partial charge in [0.05, 0.1) is 14.2 Å². The van der Waals surface area contributed by atoms with Crippen LogP contribution in [-0.2, 0) is 16.6 Å². The molecule has 0 fully saturated rings. The minimum absolute atomic E-state index is 0. The molecule has 0 aliphatic rings. The Bertz CT molecular complexity index is 321. The van der Waals surface area contributed by atoms with Crippen LogP contribution in [0.5, 0.6) is 0 Å². The van der Waals surface area contributed by atoms with Gasteiger partial charge in [0.25, 0.3) is 6.33 Å². The van der Waals surface area contributed by atoms with Gasteiger partial charge in [-0.1, -0.05) is 0 Å². The average Bonchev–Trinajstić information content (AvgIpc) is 2.49. The van der Waals surface area contributed by atoms with Crippen LogP contribution >= 0.6 is 0 Å². The highest BCUT2D eigenvalue weighted by atomic mass is 35.5. The number of hydrogen-bond donors (Lipinski definition) is 0. The highest BCUT2D eigenvalue weighted by Crippen LogP contribution is 1.86. The number of esters is 1. The molecule has 0 saturated heterocycles. The molecule has 0 spiro atoms. The number of hydrogen-bond acceptors (Lipinski definition) is 3. The molecule has 13 heavy (non-hydrogen) atoms. The van der Waals surface area contributed by atoms with E-state index < -0.39 is 11.9 Å². The number of halogens is 1. The SMILES string of the molecule is COC(=O)C(=O)n1cc[n+](C)c1.[Cl-]. The first-order valence-corrected chi connectivity index (χ1v) is 3.31. The molecule has 0 bridgehead atoms. The Morgan fingerprint density at radius 2 is 2.08 bits per heavy atom. The summed E-state index contributed by atoms with van der Waals surface area (Å²) < 4.78 is 7.07. The maximum atomic E-state index is 11.1. The summed E-state index contributed by atoms with van der Waals surface area (Å²) in [5.41, 5.74) is 0. The van der Waals surface area contributed by atoms with E-state index in [0.717, 1.165) is 4.57 Å². The zero-order chi connectivity index (χ0) is 9.14. The van der Waals surface area contributed by atoms with Crippen LogP contribution in [0.2, 0.25) is 0 Å². The van der Waals surface area contributed by atoms with Crippen molar-refractivity contribution in [3.8, 4) is 0 Å². The molecule has 0 aromatic carbocycles. The Kier molecular flexibility index (Phi) is 4.13. The van der Waals surface area contributed by atoms with E-state index in [1.807, 2.05) is 0 Å². The normalized spacial score (nSPS) is 8.77. The maximum absolute atomic E-state index is 11.1. The number of aromatic nitrogens is 2. The van der Waals surface area contributed by atoms with Gasteiger partial charge in [0.1, 0.15) is 12.4 Å². The molecule has 1 heterocycles. The first-order valence-electron chi connectivity index (χ1n) is 3.31. The average molecular weight is 205 g/mol. The third-order valence-corrected chi connectivity index (χ3v) is 1.36. The van der Waals surface area contributed by atoms with Crippen molar-refractivity contribution in [3.05, 3.63) is 18.7 Å². The summed E-state index contributed by atoms with van der Waals surface area (Å²) in [6.45, 7) is 0. The second kappa shape index (κ2) is 4.61. The smallest absolute Gasteiger partial charge is 0.423 e. The van der Waals surface area contributed by atoms with Crippen molar-refractivity contribution in [2.75, 3.05) is 7.11 Å². The third-order valence-electron chi connectivity index (χ3n) is 1.36. The molecule has 0 aliphatic heterocycles. The van der Waals surface area contributed by atoms with Crippen LogP contribution in [0, 0.1) is 0 Å². The van der Waals surface area contributed by atoms with Crippen molar-refractivity contribution >= 4 is 11.9 Å². The van der Waals surface area contributed by atoms with Crippen molar-refractivity contribution in [1.29, 1.82) is 0 Å². The molecule has 1 rings (SSSR count). The lowest BCUT2D eigenvalue weighted by Crippen LogP contribution is -3.00. The third kappa shape index (κ3) is 2.55. The molecular formula is C7H9ClN2O3. The van der Waals surface area contributed by atoms with E-state index in [2.05, 4.69) is 4.74 Å². The summed E-state index contributed by atoms with van der Waals surface area (Å²) in [7, 11) is 2.92. The molecule has 5 nitrogen and oxygen atoms in total. The van der Waals surface area contributed by atoms with Gasteiger partial charge in [0.2, 0.25) is 0 Å². The summed E-state index contributed by atoms with van der Waals surface area (Å²) in [5.74, 6) is -1.57. The lowest BCUT2D eigenvalue weighted by atomic mass is 10.6. The molecule has 6 heteroatoms. The van der Waals surface area contributed by atoms with Gasteiger partial charge in [-0.2, -0.15) is 4.57 Å². The number of carbonyl (C=O) groups excluding carboxylic acids is 2. The number of carbonyl (C=O) groups is 2. The van der Waals surface area contributed by atoms with Crippen LogP contribution < -0.4 is 17.0 Å². The Labute approximate surface area is 81.3 Å². The van der Waals surface area contributed by atoms with Crippen LogP contribution in [0.3, 0.4) is 0 Å². The first kappa shape index (κ1) is 11.6. The topological polar surface area (TPSA) is 52.2 Å². The van der Waals surface area contributed by atoms with Crippen molar-refractivity contribution in [2.24, 2.45) is 7.05 Å². The summed E-state index contributed by atoms with van der Waals surface area (Å²) >= 11 is 0. The number of methoxy groups -OCH3 is 1. The highest BCUT2D eigenvalue weighted by Gasteiger charge is 2.21. The zero-order valence-corrected chi connectivity index (χ0v) is 7.99. The number of aryl methyl sites for hydroxylation is 1. The minimum atomic E-state index is -0.869. The van der Waals surface area contributed by atoms with E-state index in [4.69, 9.17) is 0 Å². The molecular weight excluding hydrogens is 196 g/mol. The van der Waals surface area contributed by atoms with E-state index in [1.54, 1.807) is 17.8 Å². The van der Waals surface area contributed by atoms with Crippen molar-refractivity contribution in [1.82, 2.24) is 4.57 Å². The molecule has 72 valence electrons. The first-order chi connectivity index (χ1) is 5.65. The van der Waals surface area contributed by atoms with Crippen LogP contribution in [-0.4, -0.2) is 23.6 Å². The largest absolute Gasteiger partial charge is 1.00 e. The van der Waals surface area contributed by atoms with E-state index in [-0.39, 0.29) is 12.4 Å². The molecule has 0 unspecified atom stereocenters. The number of nitrogens with zero attached hydrogens (tertiary/aromatic N) is 2. The molecule has 1 aromatic rings. The second-order valence-corrected chi connectivity index (χ2v) is 2.28.